The number of cyclic esters (lactones) is 1. The number of nitrogens with one attached hydrogen (secondary N) is 1. The number of dihydropyridines is 1. The van der Waals surface area contributed by atoms with Crippen LogP contribution in [0.1, 0.15) is 23.2 Å². The molecule has 3 rings (SSSR count). The average molecular weight is 403 g/mol. The van der Waals surface area contributed by atoms with E-state index < -0.39 is 65.7 Å². The van der Waals surface area contributed by atoms with Gasteiger partial charge in [0.1, 0.15) is 31.6 Å². The van der Waals surface area contributed by atoms with Crippen molar-refractivity contribution in [3.05, 3.63) is 57.4 Å². The van der Waals surface area contributed by atoms with Crippen molar-refractivity contribution in [2.75, 3.05) is 27.1 Å². The van der Waals surface area contributed by atoms with E-state index in [1.54, 1.807) is 0 Å². The van der Waals surface area contributed by atoms with Gasteiger partial charge in [-0.25, -0.2) is 31.5 Å². The Kier molecular flexibility index (Phi) is 5.39. The minimum atomic E-state index is -2.50. The van der Waals surface area contributed by atoms with Gasteiger partial charge in [0, 0.05) is 11.6 Å². The Morgan fingerprint density at radius 3 is 2.68 bits per heavy atom. The fourth-order valence-corrected chi connectivity index (χ4v) is 3.40. The Labute approximate surface area is 155 Å². The number of methoxy groups -OCH3 is 1. The third-order valence-electron chi connectivity index (χ3n) is 4.52. The third-order valence-corrected chi connectivity index (χ3v) is 4.52. The van der Waals surface area contributed by atoms with Crippen LogP contribution in [0, 0.1) is 11.6 Å². The SMILES string of the molecule is COC(=O)C1=C(CF)NC2=C(C(=O)OC2)[C@@H]1c1cc(F)cc(F)c1[C@@H](F)CF. The van der Waals surface area contributed by atoms with E-state index in [4.69, 9.17) is 4.74 Å². The average Bonchev–Trinajstić information content (AvgIpc) is 3.05. The third kappa shape index (κ3) is 3.12. The molecular weight excluding hydrogens is 389 g/mol. The van der Waals surface area contributed by atoms with Gasteiger partial charge < -0.3 is 14.8 Å². The molecule has 0 unspecified atom stereocenters. The van der Waals surface area contributed by atoms with Crippen LogP contribution in [0.4, 0.5) is 22.0 Å². The summed E-state index contributed by atoms with van der Waals surface area (Å²) < 4.78 is 78.6. The minimum Gasteiger partial charge on any atom is -0.466 e. The summed E-state index contributed by atoms with van der Waals surface area (Å²) in [5.74, 6) is -6.21. The number of benzene rings is 1. The smallest absolute Gasteiger partial charge is 0.337 e. The minimum absolute atomic E-state index is 0.0570. The summed E-state index contributed by atoms with van der Waals surface area (Å²) in [4.78, 5) is 24.5. The van der Waals surface area contributed by atoms with E-state index >= 15 is 0 Å². The second kappa shape index (κ2) is 7.61. The summed E-state index contributed by atoms with van der Waals surface area (Å²) in [5, 5.41) is 2.53. The molecule has 2 heterocycles. The number of halogens is 5. The van der Waals surface area contributed by atoms with Gasteiger partial charge in [0.2, 0.25) is 0 Å². The number of carbonyl (C=O) groups is 2. The normalized spacial score (nSPS) is 19.9. The van der Waals surface area contributed by atoms with Gasteiger partial charge in [-0.1, -0.05) is 0 Å². The number of ether oxygens (including phenoxy) is 2. The molecule has 0 fully saturated rings. The zero-order chi connectivity index (χ0) is 20.6. The lowest BCUT2D eigenvalue weighted by Crippen LogP contribution is -2.32. The zero-order valence-corrected chi connectivity index (χ0v) is 14.5. The van der Waals surface area contributed by atoms with Crippen molar-refractivity contribution in [3.8, 4) is 0 Å². The Hall–Kier alpha value is -2.91. The number of esters is 2. The largest absolute Gasteiger partial charge is 0.466 e. The van der Waals surface area contributed by atoms with Crippen LogP contribution in [0.5, 0.6) is 0 Å². The summed E-state index contributed by atoms with van der Waals surface area (Å²) in [5.41, 5.74) is -2.42. The highest BCUT2D eigenvalue weighted by atomic mass is 19.2. The standard InChI is InChI=1S/C18H14F5NO4/c1-27-17(25)15-11(5-20)24-12-6-28-18(26)16(12)14(15)8-2-7(21)3-9(22)13(8)10(23)4-19/h2-3,10,14,24H,4-6H2,1H3/t10-,14+/m0/s1. The fourth-order valence-electron chi connectivity index (χ4n) is 3.40. The molecule has 0 saturated carbocycles. The lowest BCUT2D eigenvalue weighted by molar-refractivity contribution is -0.136. The Morgan fingerprint density at radius 2 is 2.07 bits per heavy atom. The van der Waals surface area contributed by atoms with Crippen molar-refractivity contribution >= 4 is 11.9 Å². The maximum Gasteiger partial charge on any atom is 0.337 e. The van der Waals surface area contributed by atoms with Crippen LogP contribution < -0.4 is 5.32 Å². The van der Waals surface area contributed by atoms with Crippen molar-refractivity contribution in [3.63, 3.8) is 0 Å². The van der Waals surface area contributed by atoms with Gasteiger partial charge in [-0.15, -0.1) is 0 Å². The molecule has 0 radical (unpaired) electrons. The van der Waals surface area contributed by atoms with Gasteiger partial charge in [0.25, 0.3) is 0 Å². The van der Waals surface area contributed by atoms with E-state index in [-0.39, 0.29) is 23.6 Å². The molecule has 10 heteroatoms. The van der Waals surface area contributed by atoms with Gasteiger partial charge in [0.15, 0.2) is 6.17 Å². The number of hydrogen-bond acceptors (Lipinski definition) is 5. The number of hydrogen-bond donors (Lipinski definition) is 1. The molecule has 0 spiro atoms. The highest BCUT2D eigenvalue weighted by Crippen LogP contribution is 2.45. The van der Waals surface area contributed by atoms with Gasteiger partial charge in [-0.05, 0) is 11.6 Å². The first-order valence-corrected chi connectivity index (χ1v) is 8.07. The molecule has 2 aliphatic rings. The molecule has 1 N–H and O–H groups in total. The number of allylic oxidation sites excluding steroid dienone is 1. The second-order valence-electron chi connectivity index (χ2n) is 6.06. The van der Waals surface area contributed by atoms with E-state index in [9.17, 15) is 31.5 Å². The highest BCUT2D eigenvalue weighted by molar-refractivity contribution is 6.01. The Balaban J connectivity index is 2.35. The number of alkyl halides is 3. The van der Waals surface area contributed by atoms with E-state index in [0.717, 1.165) is 7.11 Å². The van der Waals surface area contributed by atoms with Crippen LogP contribution in [0.3, 0.4) is 0 Å². The molecule has 1 aromatic rings. The summed E-state index contributed by atoms with van der Waals surface area (Å²) in [6.45, 7) is -3.16. The van der Waals surface area contributed by atoms with Crippen molar-refractivity contribution in [2.24, 2.45) is 0 Å². The molecule has 0 bridgehead atoms. The molecule has 2 atom stereocenters. The molecule has 150 valence electrons. The molecular formula is C18H14F5NO4. The van der Waals surface area contributed by atoms with Crippen LogP contribution in [-0.2, 0) is 19.1 Å². The summed E-state index contributed by atoms with van der Waals surface area (Å²) in [6, 6.07) is 1.02. The van der Waals surface area contributed by atoms with E-state index in [0.29, 0.717) is 12.1 Å². The van der Waals surface area contributed by atoms with Gasteiger partial charge in [-0.2, -0.15) is 0 Å². The first-order chi connectivity index (χ1) is 13.3. The van der Waals surface area contributed by atoms with E-state index in [2.05, 4.69) is 10.1 Å². The van der Waals surface area contributed by atoms with Gasteiger partial charge in [0.05, 0.1) is 35.6 Å². The molecule has 0 aliphatic carbocycles. The highest BCUT2D eigenvalue weighted by Gasteiger charge is 2.44. The van der Waals surface area contributed by atoms with Crippen molar-refractivity contribution in [2.45, 2.75) is 12.1 Å². The van der Waals surface area contributed by atoms with Crippen LogP contribution >= 0.6 is 0 Å². The molecule has 5 nitrogen and oxygen atoms in total. The Morgan fingerprint density at radius 1 is 1.36 bits per heavy atom. The molecule has 2 aliphatic heterocycles. The van der Waals surface area contributed by atoms with Crippen molar-refractivity contribution < 1.29 is 41.0 Å². The summed E-state index contributed by atoms with van der Waals surface area (Å²) in [6.07, 6.45) is -2.50. The maximum absolute atomic E-state index is 14.3. The summed E-state index contributed by atoms with van der Waals surface area (Å²) in [7, 11) is 0.978. The van der Waals surface area contributed by atoms with Crippen molar-refractivity contribution in [1.29, 1.82) is 0 Å². The lowest BCUT2D eigenvalue weighted by Gasteiger charge is -2.29. The van der Waals surface area contributed by atoms with Gasteiger partial charge in [-0.3, -0.25) is 0 Å². The molecule has 1 aromatic carbocycles. The number of rotatable bonds is 5. The first-order valence-electron chi connectivity index (χ1n) is 8.07. The lowest BCUT2D eigenvalue weighted by atomic mass is 9.78. The Bertz CT molecular complexity index is 911. The van der Waals surface area contributed by atoms with Crippen LogP contribution in [-0.4, -0.2) is 39.0 Å². The maximum atomic E-state index is 14.3. The predicted molar refractivity (Wildman–Crippen MR) is 85.1 cm³/mol. The number of carbonyl (C=O) groups excluding carboxylic acids is 2. The van der Waals surface area contributed by atoms with Crippen molar-refractivity contribution in [1.82, 2.24) is 5.32 Å². The van der Waals surface area contributed by atoms with Gasteiger partial charge >= 0.3 is 11.9 Å². The molecule has 0 aromatic heterocycles. The predicted octanol–water partition coefficient (Wildman–Crippen LogP) is 2.84. The zero-order valence-electron chi connectivity index (χ0n) is 14.5. The fraction of sp³-hybridized carbons (Fsp3) is 0.333. The molecule has 0 amide bonds. The molecule has 28 heavy (non-hydrogen) atoms. The first kappa shape index (κ1) is 19.8. The second-order valence-corrected chi connectivity index (χ2v) is 6.06. The van der Waals surface area contributed by atoms with E-state index in [1.807, 2.05) is 0 Å². The van der Waals surface area contributed by atoms with Crippen LogP contribution in [0.25, 0.3) is 0 Å². The topological polar surface area (TPSA) is 64.6 Å². The summed E-state index contributed by atoms with van der Waals surface area (Å²) >= 11 is 0. The van der Waals surface area contributed by atoms with Crippen LogP contribution in [0.2, 0.25) is 0 Å². The van der Waals surface area contributed by atoms with E-state index in [1.165, 1.54) is 0 Å². The monoisotopic (exact) mass is 403 g/mol. The van der Waals surface area contributed by atoms with Crippen LogP contribution in [0.15, 0.2) is 34.7 Å². The quantitative estimate of drug-likeness (QED) is 0.605. The molecule has 0 saturated heterocycles.